The van der Waals surface area contributed by atoms with Crippen molar-refractivity contribution in [1.82, 2.24) is 14.6 Å². The molecule has 0 aliphatic rings. The molecule has 2 heterocycles. The minimum atomic E-state index is -0.157. The van der Waals surface area contributed by atoms with E-state index in [2.05, 4.69) is 23.9 Å². The van der Waals surface area contributed by atoms with E-state index in [9.17, 15) is 4.79 Å². The highest BCUT2D eigenvalue weighted by Crippen LogP contribution is 2.21. The van der Waals surface area contributed by atoms with Crippen molar-refractivity contribution in [3.8, 4) is 22.9 Å². The first-order valence-corrected chi connectivity index (χ1v) is 13.4. The molecule has 7 heteroatoms. The van der Waals surface area contributed by atoms with Crippen molar-refractivity contribution in [2.45, 2.75) is 58.8 Å². The Balaban J connectivity index is 1.42. The van der Waals surface area contributed by atoms with Crippen LogP contribution in [0.5, 0.6) is 11.5 Å². The van der Waals surface area contributed by atoms with Crippen molar-refractivity contribution in [2.75, 3.05) is 13.2 Å². The van der Waals surface area contributed by atoms with E-state index in [0.29, 0.717) is 15.3 Å². The van der Waals surface area contributed by atoms with E-state index in [1.165, 1.54) is 48.0 Å². The molecule has 2 aromatic carbocycles. The Morgan fingerprint density at radius 3 is 2.06 bits per heavy atom. The molecule has 2 aromatic heterocycles. The highest BCUT2D eigenvalue weighted by Gasteiger charge is 2.12. The third-order valence-electron chi connectivity index (χ3n) is 5.76. The van der Waals surface area contributed by atoms with Crippen molar-refractivity contribution in [1.29, 1.82) is 0 Å². The Bertz CT molecular complexity index is 1310. The van der Waals surface area contributed by atoms with Crippen LogP contribution in [0.25, 0.3) is 22.4 Å². The zero-order valence-electron chi connectivity index (χ0n) is 20.5. The highest BCUT2D eigenvalue weighted by molar-refractivity contribution is 7.15. The van der Waals surface area contributed by atoms with E-state index < -0.39 is 0 Å². The van der Waals surface area contributed by atoms with Crippen molar-refractivity contribution in [3.63, 3.8) is 0 Å². The average Bonchev–Trinajstić information content (AvgIpc) is 3.42. The maximum Gasteiger partial charge on any atom is 0.291 e. The Hall–Kier alpha value is -3.19. The molecule has 0 N–H and O–H groups in total. The van der Waals surface area contributed by atoms with Gasteiger partial charge in [0, 0.05) is 5.56 Å². The van der Waals surface area contributed by atoms with Crippen LogP contribution in [0.15, 0.2) is 53.3 Å². The Kier molecular flexibility index (Phi) is 8.90. The molecule has 0 atom stereocenters. The van der Waals surface area contributed by atoms with Crippen molar-refractivity contribution >= 4 is 22.4 Å². The van der Waals surface area contributed by atoms with Crippen LogP contribution in [0.1, 0.15) is 64.4 Å². The monoisotopic (exact) mass is 491 g/mol. The molecule has 0 unspecified atom stereocenters. The Morgan fingerprint density at radius 2 is 1.43 bits per heavy atom. The maximum absolute atomic E-state index is 12.9. The van der Waals surface area contributed by atoms with Gasteiger partial charge >= 0.3 is 0 Å². The molecule has 0 saturated heterocycles. The van der Waals surface area contributed by atoms with Gasteiger partial charge in [-0.2, -0.15) is 9.50 Å². The number of rotatable bonds is 13. The lowest BCUT2D eigenvalue weighted by atomic mass is 10.2. The fourth-order valence-corrected chi connectivity index (χ4v) is 4.64. The third kappa shape index (κ3) is 6.69. The summed E-state index contributed by atoms with van der Waals surface area (Å²) in [5, 5.41) is 4.46. The molecule has 0 spiro atoms. The molecule has 0 aliphatic carbocycles. The molecule has 0 fully saturated rings. The van der Waals surface area contributed by atoms with Crippen LogP contribution in [-0.4, -0.2) is 27.8 Å². The first-order valence-electron chi connectivity index (χ1n) is 12.6. The van der Waals surface area contributed by atoms with Crippen LogP contribution in [0.4, 0.5) is 0 Å². The fourth-order valence-electron chi connectivity index (χ4n) is 3.73. The summed E-state index contributed by atoms with van der Waals surface area (Å²) >= 11 is 1.34. The summed E-state index contributed by atoms with van der Waals surface area (Å²) in [6.07, 6.45) is 10.0. The molecule has 35 heavy (non-hydrogen) atoms. The summed E-state index contributed by atoms with van der Waals surface area (Å²) in [6.45, 7) is 5.83. The second kappa shape index (κ2) is 12.5. The van der Waals surface area contributed by atoms with Crippen molar-refractivity contribution in [3.05, 3.63) is 69.0 Å². The number of aromatic nitrogens is 3. The number of hydrogen-bond acceptors (Lipinski definition) is 6. The van der Waals surface area contributed by atoms with Crippen LogP contribution >= 0.6 is 11.3 Å². The molecule has 4 rings (SSSR count). The van der Waals surface area contributed by atoms with Crippen LogP contribution in [0, 0.1) is 0 Å². The van der Waals surface area contributed by atoms with Gasteiger partial charge in [0.05, 0.1) is 17.7 Å². The van der Waals surface area contributed by atoms with Gasteiger partial charge in [-0.1, -0.05) is 69.4 Å². The van der Waals surface area contributed by atoms with Gasteiger partial charge in [-0.25, -0.2) is 0 Å². The number of unbranched alkanes of at least 4 members (excludes halogenated alkanes) is 5. The lowest BCUT2D eigenvalue weighted by Crippen LogP contribution is -2.23. The lowest BCUT2D eigenvalue weighted by Gasteiger charge is -2.06. The van der Waals surface area contributed by atoms with Crippen LogP contribution in [-0.2, 0) is 0 Å². The number of ether oxygens (including phenoxy) is 2. The average molecular weight is 492 g/mol. The van der Waals surface area contributed by atoms with Gasteiger partial charge in [-0.05, 0) is 60.9 Å². The molecule has 0 bridgehead atoms. The third-order valence-corrected chi connectivity index (χ3v) is 6.71. The van der Waals surface area contributed by atoms with E-state index in [1.54, 1.807) is 0 Å². The smallest absolute Gasteiger partial charge is 0.291 e. The van der Waals surface area contributed by atoms with Gasteiger partial charge in [0.15, 0.2) is 5.82 Å². The minimum Gasteiger partial charge on any atom is -0.494 e. The maximum atomic E-state index is 12.9. The standard InChI is InChI=1S/C28H33N3O3S/c1-3-5-7-9-19-34-24-16-12-22(13-17-24)26-29-28-31(30-26)27(32)25(35-28)20-21-10-14-23(15-11-21)33-18-8-6-4-2/h10-17,20H,3-9,18-19H2,1-2H3/b25-20-. The summed E-state index contributed by atoms with van der Waals surface area (Å²) in [6, 6.07) is 15.5. The largest absolute Gasteiger partial charge is 0.494 e. The van der Waals surface area contributed by atoms with Gasteiger partial charge < -0.3 is 9.47 Å². The summed E-state index contributed by atoms with van der Waals surface area (Å²) in [5.41, 5.74) is 1.65. The minimum absolute atomic E-state index is 0.157. The van der Waals surface area contributed by atoms with Crippen molar-refractivity contribution < 1.29 is 9.47 Å². The SMILES string of the molecule is CCCCCCOc1ccc(-c2nc3s/c(=C\c4ccc(OCCCCC)cc4)c(=O)n3n2)cc1. The van der Waals surface area contributed by atoms with Crippen molar-refractivity contribution in [2.24, 2.45) is 0 Å². The summed E-state index contributed by atoms with van der Waals surface area (Å²) in [5.74, 6) is 2.23. The quantitative estimate of drug-likeness (QED) is 0.218. The molecule has 4 aromatic rings. The molecule has 0 saturated carbocycles. The molecule has 6 nitrogen and oxygen atoms in total. The van der Waals surface area contributed by atoms with E-state index >= 15 is 0 Å². The Labute approximate surface area is 210 Å². The topological polar surface area (TPSA) is 65.7 Å². The number of hydrogen-bond donors (Lipinski definition) is 0. The Morgan fingerprint density at radius 1 is 0.829 bits per heavy atom. The second-order valence-electron chi connectivity index (χ2n) is 8.60. The fraction of sp³-hybridized carbons (Fsp3) is 0.393. The molecule has 0 aliphatic heterocycles. The number of fused-ring (bicyclic) bond motifs is 1. The van der Waals surface area contributed by atoms with Gasteiger partial charge in [0.1, 0.15) is 11.5 Å². The first-order chi connectivity index (χ1) is 17.2. The van der Waals surface area contributed by atoms with E-state index in [0.717, 1.165) is 48.7 Å². The number of benzene rings is 2. The lowest BCUT2D eigenvalue weighted by molar-refractivity contribution is 0.305. The van der Waals surface area contributed by atoms with Gasteiger partial charge in [0.25, 0.3) is 5.56 Å². The first kappa shape index (κ1) is 24.9. The van der Waals surface area contributed by atoms with Gasteiger partial charge in [0.2, 0.25) is 4.96 Å². The van der Waals surface area contributed by atoms with Crippen LogP contribution in [0.3, 0.4) is 0 Å². The summed E-state index contributed by atoms with van der Waals surface area (Å²) in [4.78, 5) is 18.1. The zero-order valence-corrected chi connectivity index (χ0v) is 21.4. The molecule has 0 amide bonds. The number of thiazole rings is 1. The van der Waals surface area contributed by atoms with Crippen LogP contribution < -0.4 is 19.6 Å². The zero-order chi connectivity index (χ0) is 24.5. The predicted octanol–water partition coefficient (Wildman–Crippen LogP) is 5.89. The normalized spacial score (nSPS) is 11.9. The molecule has 184 valence electrons. The summed E-state index contributed by atoms with van der Waals surface area (Å²) < 4.78 is 13.6. The van der Waals surface area contributed by atoms with E-state index in [4.69, 9.17) is 9.47 Å². The van der Waals surface area contributed by atoms with Crippen LogP contribution in [0.2, 0.25) is 0 Å². The number of nitrogens with zero attached hydrogens (tertiary/aromatic N) is 3. The highest BCUT2D eigenvalue weighted by atomic mass is 32.1. The molecule has 0 radical (unpaired) electrons. The second-order valence-corrected chi connectivity index (χ2v) is 9.61. The van der Waals surface area contributed by atoms with Gasteiger partial charge in [-0.15, -0.1) is 5.10 Å². The van der Waals surface area contributed by atoms with Gasteiger partial charge in [-0.3, -0.25) is 4.79 Å². The molecular weight excluding hydrogens is 458 g/mol. The summed E-state index contributed by atoms with van der Waals surface area (Å²) in [7, 11) is 0. The molecular formula is C28H33N3O3S. The van der Waals surface area contributed by atoms with E-state index in [1.807, 2.05) is 54.6 Å². The van der Waals surface area contributed by atoms with E-state index in [-0.39, 0.29) is 5.56 Å². The predicted molar refractivity (Wildman–Crippen MR) is 142 cm³/mol.